The molecule has 1 aromatic rings. The maximum absolute atomic E-state index is 12.0. The van der Waals surface area contributed by atoms with Crippen molar-refractivity contribution >= 4 is 39.3 Å². The Balaban J connectivity index is 2.28. The lowest BCUT2D eigenvalue weighted by atomic mass is 10.2. The van der Waals surface area contributed by atoms with Crippen LogP contribution in [0.1, 0.15) is 32.6 Å². The second kappa shape index (κ2) is 9.39. The van der Waals surface area contributed by atoms with Crippen LogP contribution in [0.4, 0.5) is 4.79 Å². The molecule has 24 heavy (non-hydrogen) atoms. The lowest BCUT2D eigenvalue weighted by Gasteiger charge is -2.25. The van der Waals surface area contributed by atoms with E-state index in [1.807, 2.05) is 51.1 Å². The molecule has 0 aromatic carbocycles. The van der Waals surface area contributed by atoms with Crippen LogP contribution in [0.15, 0.2) is 15.9 Å². The van der Waals surface area contributed by atoms with Crippen LogP contribution >= 0.6 is 27.3 Å². The number of halogens is 1. The van der Waals surface area contributed by atoms with Gasteiger partial charge in [0.2, 0.25) is 5.91 Å². The Morgan fingerprint density at radius 3 is 2.58 bits per heavy atom. The molecular weight excluding hydrogens is 394 g/mol. The van der Waals surface area contributed by atoms with E-state index >= 15 is 0 Å². The number of ether oxygens (including phenoxy) is 1. The fraction of sp³-hybridized carbons (Fsp3) is 0.625. The van der Waals surface area contributed by atoms with Crippen molar-refractivity contribution in [2.24, 2.45) is 0 Å². The molecule has 1 atom stereocenters. The average Bonchev–Trinajstić information content (AvgIpc) is 2.86. The molecule has 0 spiro atoms. The van der Waals surface area contributed by atoms with Crippen LogP contribution in [0.25, 0.3) is 0 Å². The number of rotatable bonds is 7. The number of thiophene rings is 1. The first-order valence-electron chi connectivity index (χ1n) is 7.73. The highest BCUT2D eigenvalue weighted by molar-refractivity contribution is 9.10. The zero-order valence-corrected chi connectivity index (χ0v) is 17.2. The quantitative estimate of drug-likeness (QED) is 0.712. The lowest BCUT2D eigenvalue weighted by Crippen LogP contribution is -2.45. The largest absolute Gasteiger partial charge is 0.444 e. The normalized spacial score (nSPS) is 12.8. The van der Waals surface area contributed by atoms with Gasteiger partial charge in [0.05, 0.1) is 13.1 Å². The predicted octanol–water partition coefficient (Wildman–Crippen LogP) is 2.97. The van der Waals surface area contributed by atoms with Crippen molar-refractivity contribution in [1.82, 2.24) is 15.5 Å². The van der Waals surface area contributed by atoms with Crippen molar-refractivity contribution < 1.29 is 14.3 Å². The molecular formula is C16H26BrN3O3S. The monoisotopic (exact) mass is 419 g/mol. The molecule has 0 aliphatic rings. The third-order valence-electron chi connectivity index (χ3n) is 3.17. The zero-order valence-electron chi connectivity index (χ0n) is 14.8. The number of carbonyl (C=O) groups excluding carboxylic acids is 2. The van der Waals surface area contributed by atoms with E-state index in [-0.39, 0.29) is 18.5 Å². The zero-order chi connectivity index (χ0) is 18.3. The summed E-state index contributed by atoms with van der Waals surface area (Å²) in [6.45, 7) is 8.60. The van der Waals surface area contributed by atoms with Crippen molar-refractivity contribution in [3.63, 3.8) is 0 Å². The molecule has 1 heterocycles. The van der Waals surface area contributed by atoms with Gasteiger partial charge in [0.15, 0.2) is 0 Å². The van der Waals surface area contributed by atoms with E-state index in [1.54, 1.807) is 11.3 Å². The third kappa shape index (κ3) is 8.65. The van der Waals surface area contributed by atoms with Gasteiger partial charge in [-0.1, -0.05) is 0 Å². The topological polar surface area (TPSA) is 70.7 Å². The van der Waals surface area contributed by atoms with E-state index in [2.05, 4.69) is 26.6 Å². The number of carbonyl (C=O) groups is 2. The van der Waals surface area contributed by atoms with Gasteiger partial charge in [-0.25, -0.2) is 4.79 Å². The maximum Gasteiger partial charge on any atom is 0.407 e. The summed E-state index contributed by atoms with van der Waals surface area (Å²) in [6.07, 6.45) is -0.449. The summed E-state index contributed by atoms with van der Waals surface area (Å²) in [4.78, 5) is 26.6. The standard InChI is InChI=1S/C16H26BrN3O3S/c1-11(7-19-15(22)23-16(2,3)4)20(5)9-14(21)18-8-13-6-12(17)10-24-13/h6,10-11H,7-9H2,1-5H3,(H,18,21)(H,19,22). The van der Waals surface area contributed by atoms with E-state index in [0.29, 0.717) is 13.1 Å². The summed E-state index contributed by atoms with van der Waals surface area (Å²) < 4.78 is 6.21. The molecule has 0 fully saturated rings. The van der Waals surface area contributed by atoms with Crippen LogP contribution in [0, 0.1) is 0 Å². The van der Waals surface area contributed by atoms with E-state index in [1.165, 1.54) is 0 Å². The third-order valence-corrected chi connectivity index (χ3v) is 4.87. The van der Waals surface area contributed by atoms with Crippen molar-refractivity contribution in [1.29, 1.82) is 0 Å². The van der Waals surface area contributed by atoms with Gasteiger partial charge in [-0.3, -0.25) is 9.69 Å². The fourth-order valence-electron chi connectivity index (χ4n) is 1.77. The Morgan fingerprint density at radius 2 is 2.04 bits per heavy atom. The Hall–Kier alpha value is -1.12. The van der Waals surface area contributed by atoms with Gasteiger partial charge < -0.3 is 15.4 Å². The van der Waals surface area contributed by atoms with Gasteiger partial charge >= 0.3 is 6.09 Å². The number of hydrogen-bond donors (Lipinski definition) is 2. The van der Waals surface area contributed by atoms with Crippen LogP contribution in [0.2, 0.25) is 0 Å². The minimum Gasteiger partial charge on any atom is -0.444 e. The first kappa shape index (κ1) is 20.9. The Labute approximate surface area is 156 Å². The summed E-state index contributed by atoms with van der Waals surface area (Å²) in [5.74, 6) is -0.0499. The van der Waals surface area contributed by atoms with Crippen LogP contribution in [0.3, 0.4) is 0 Å². The highest BCUT2D eigenvalue weighted by Gasteiger charge is 2.18. The summed E-state index contributed by atoms with van der Waals surface area (Å²) in [6, 6.07) is 2.00. The Morgan fingerprint density at radius 1 is 1.38 bits per heavy atom. The lowest BCUT2D eigenvalue weighted by molar-refractivity contribution is -0.122. The van der Waals surface area contributed by atoms with E-state index in [9.17, 15) is 9.59 Å². The molecule has 1 unspecified atom stereocenters. The Kier molecular flexibility index (Phi) is 8.18. The van der Waals surface area contributed by atoms with Gasteiger partial charge in [-0.05, 0) is 56.7 Å². The highest BCUT2D eigenvalue weighted by Crippen LogP contribution is 2.19. The molecule has 136 valence electrons. The fourth-order valence-corrected chi connectivity index (χ4v) is 3.16. The first-order valence-corrected chi connectivity index (χ1v) is 9.41. The van der Waals surface area contributed by atoms with Crippen LogP contribution in [0.5, 0.6) is 0 Å². The molecule has 0 aliphatic heterocycles. The van der Waals surface area contributed by atoms with Crippen molar-refractivity contribution in [2.75, 3.05) is 20.1 Å². The van der Waals surface area contributed by atoms with Crippen molar-refractivity contribution in [2.45, 2.75) is 45.9 Å². The predicted molar refractivity (Wildman–Crippen MR) is 100 cm³/mol. The smallest absolute Gasteiger partial charge is 0.407 e. The summed E-state index contributed by atoms with van der Waals surface area (Å²) in [5, 5.41) is 7.59. The average molecular weight is 420 g/mol. The van der Waals surface area contributed by atoms with E-state index in [4.69, 9.17) is 4.74 Å². The number of amides is 2. The van der Waals surface area contributed by atoms with Gasteiger partial charge in [0.25, 0.3) is 0 Å². The molecule has 6 nitrogen and oxygen atoms in total. The summed E-state index contributed by atoms with van der Waals surface area (Å²) >= 11 is 4.99. The van der Waals surface area contributed by atoms with Crippen molar-refractivity contribution in [3.8, 4) is 0 Å². The molecule has 0 aliphatic carbocycles. The molecule has 1 rings (SSSR count). The first-order chi connectivity index (χ1) is 11.1. The van der Waals surface area contributed by atoms with Gasteiger partial charge in [0.1, 0.15) is 5.60 Å². The Bertz CT molecular complexity index is 557. The summed E-state index contributed by atoms with van der Waals surface area (Å²) in [7, 11) is 1.85. The molecule has 0 saturated carbocycles. The molecule has 1 aromatic heterocycles. The molecule has 2 N–H and O–H groups in total. The second-order valence-corrected chi connectivity index (χ2v) is 8.57. The minimum atomic E-state index is -0.518. The number of likely N-dealkylation sites (N-methyl/N-ethyl adjacent to an activating group) is 1. The van der Waals surface area contributed by atoms with Crippen LogP contribution < -0.4 is 10.6 Å². The highest BCUT2D eigenvalue weighted by atomic mass is 79.9. The van der Waals surface area contributed by atoms with Gasteiger partial charge in [-0.2, -0.15) is 0 Å². The summed E-state index contributed by atoms with van der Waals surface area (Å²) in [5.41, 5.74) is -0.518. The maximum atomic E-state index is 12.0. The number of alkyl carbamates (subject to hydrolysis) is 1. The van der Waals surface area contributed by atoms with Gasteiger partial charge in [-0.15, -0.1) is 11.3 Å². The van der Waals surface area contributed by atoms with E-state index < -0.39 is 11.7 Å². The molecule has 8 heteroatoms. The second-order valence-electron chi connectivity index (χ2n) is 6.65. The SMILES string of the molecule is CC(CNC(=O)OC(C)(C)C)N(C)CC(=O)NCc1cc(Br)cs1. The molecule has 0 bridgehead atoms. The van der Waals surface area contributed by atoms with Crippen molar-refractivity contribution in [3.05, 3.63) is 20.8 Å². The molecule has 0 saturated heterocycles. The number of nitrogens with one attached hydrogen (secondary N) is 2. The van der Waals surface area contributed by atoms with Gasteiger partial charge in [0, 0.05) is 27.3 Å². The molecule has 0 radical (unpaired) electrons. The number of hydrogen-bond acceptors (Lipinski definition) is 5. The minimum absolute atomic E-state index is 0.0131. The molecule has 2 amide bonds. The van der Waals surface area contributed by atoms with Crippen LogP contribution in [-0.2, 0) is 16.1 Å². The number of nitrogens with zero attached hydrogens (tertiary/aromatic N) is 1. The van der Waals surface area contributed by atoms with Crippen LogP contribution in [-0.4, -0.2) is 48.7 Å². The van der Waals surface area contributed by atoms with E-state index in [0.717, 1.165) is 9.35 Å².